The summed E-state index contributed by atoms with van der Waals surface area (Å²) in [7, 11) is 17.2. The van der Waals surface area contributed by atoms with Gasteiger partial charge in [0.15, 0.2) is 0 Å². The Labute approximate surface area is 868 Å². The average molecular weight is 2100 g/mol. The van der Waals surface area contributed by atoms with Crippen LogP contribution in [0.4, 0.5) is 0 Å². The van der Waals surface area contributed by atoms with E-state index in [0.717, 1.165) is 0 Å². The molecular weight excluding hydrogens is 1960 g/mol. The fourth-order valence-corrected chi connectivity index (χ4v) is 16.3. The maximum Gasteiger partial charge on any atom is 0.252 e. The van der Waals surface area contributed by atoms with Gasteiger partial charge < -0.3 is 153 Å². The molecular formula is C102H138N18O30. The Kier molecular flexibility index (Phi) is 49.0. The number of ether oxygens (including phenoxy) is 12. The highest BCUT2D eigenvalue weighted by Gasteiger charge is 2.40. The summed E-state index contributed by atoms with van der Waals surface area (Å²) in [6.45, 7) is 7.48. The molecule has 0 heterocycles. The second-order valence-corrected chi connectivity index (χ2v) is 35.0. The third-order valence-corrected chi connectivity index (χ3v) is 23.7. The molecule has 0 spiro atoms. The number of carbonyl (C=O) groups excluding carboxylic acids is 18. The van der Waals surface area contributed by atoms with Crippen LogP contribution in [0.5, 0.6) is 69.0 Å². The molecule has 6 aromatic carbocycles. The van der Waals surface area contributed by atoms with Gasteiger partial charge in [0.05, 0.1) is 85.3 Å². The monoisotopic (exact) mass is 2090 g/mol. The fourth-order valence-electron chi connectivity index (χ4n) is 16.3. The Morgan fingerprint density at radius 1 is 0.193 bits per heavy atom. The van der Waals surface area contributed by atoms with Crippen LogP contribution in [0.2, 0.25) is 0 Å². The summed E-state index contributed by atoms with van der Waals surface area (Å²) in [5.41, 5.74) is 1.04. The summed E-state index contributed by atoms with van der Waals surface area (Å²) in [4.78, 5) is 239. The van der Waals surface area contributed by atoms with Crippen LogP contribution in [0, 0.1) is 0 Å². The third-order valence-electron chi connectivity index (χ3n) is 23.7. The minimum atomic E-state index is -1.23. The molecule has 0 saturated heterocycles. The van der Waals surface area contributed by atoms with E-state index in [1.165, 1.54) is 200 Å². The van der Waals surface area contributed by atoms with Crippen LogP contribution in [0.1, 0.15) is 181 Å². The van der Waals surface area contributed by atoms with Crippen LogP contribution in [0.15, 0.2) is 109 Å². The lowest BCUT2D eigenvalue weighted by molar-refractivity contribution is -0.130. The molecule has 0 radical (unpaired) electrons. The van der Waals surface area contributed by atoms with E-state index in [0.29, 0.717) is 69.0 Å². The lowest BCUT2D eigenvalue weighted by atomic mass is 9.86. The average Bonchev–Trinajstić information content (AvgIpc) is 0.893. The summed E-state index contributed by atoms with van der Waals surface area (Å²) < 4.78 is 63.6. The van der Waals surface area contributed by atoms with E-state index < -0.39 is 161 Å². The summed E-state index contributed by atoms with van der Waals surface area (Å²) >= 11 is 0. The Morgan fingerprint density at radius 2 is 0.327 bits per heavy atom. The lowest BCUT2D eigenvalue weighted by Crippen LogP contribution is -2.59. The van der Waals surface area contributed by atoms with E-state index >= 15 is 0 Å². The first-order valence-electron chi connectivity index (χ1n) is 48.1. The van der Waals surface area contributed by atoms with Crippen molar-refractivity contribution in [2.75, 3.05) is 125 Å². The highest BCUT2D eigenvalue weighted by Crippen LogP contribution is 2.31. The Morgan fingerprint density at radius 3 is 0.460 bits per heavy atom. The van der Waals surface area contributed by atoms with Gasteiger partial charge in [0.2, 0.25) is 70.9 Å². The Hall–Kier alpha value is -16.6. The minimum absolute atomic E-state index is 0.000557. The molecule has 0 aliphatic heterocycles. The van der Waals surface area contributed by atoms with Gasteiger partial charge in [-0.1, -0.05) is 0 Å². The summed E-state index contributed by atoms with van der Waals surface area (Å²) in [6.07, 6.45) is 0.394. The van der Waals surface area contributed by atoms with Crippen molar-refractivity contribution < 1.29 is 143 Å². The largest absolute Gasteiger partial charge is 0.497 e. The van der Waals surface area contributed by atoms with Crippen LogP contribution in [-0.2, 0) is 57.5 Å². The van der Waals surface area contributed by atoms with E-state index in [9.17, 15) is 86.3 Å². The molecule has 10 atom stereocenters. The van der Waals surface area contributed by atoms with Crippen molar-refractivity contribution >= 4 is 106 Å². The minimum Gasteiger partial charge on any atom is -0.497 e. The standard InChI is InChI=1S/2C51H69N9O15/c1-28(61)55-43(10-13-52-46(64)31-16-37(70-4)25-38(17-31)71-5)49(67)58-34-22-35(59-50(68)44(56-29(2)62)11-14-53-47(65)32-18-39(72-6)26-40(19-32)73-7)24-36(23-34)60-51(69)45(57-30(3)63)12-15-54-48(66)33-20-41(74-8)27-42(21-33)75-9;1-28(61)52-13-10-43(58-46(64)31-16-37(70-4)25-38(17-31)71-5)49(67)55-34-22-35(56-50(68)44(11-14-53-29(2)62)59-47(65)32-18-39(72-6)26-40(19-32)73-7)24-36(23-34)57-51(69)45(12-15-54-30(3)63)60-48(66)33-20-41(74-8)27-42(21-33)75-9/h16-21,25-27,34-36,43-45H,10-15,22-24H2,1-9H3,(H,52,64)(H,53,65)(H,54,66)(H,55,61)(H,56,62)(H,57,63)(H,58,67)(H,59,68)(H,60,69);16-21,25-27,34-36,43-45H,10-15,22-24H2,1-9H3,(H,52,61)(H,53,62)(H,54,63)(H,55,67)(H,56,68)(H,57,69)(H,58,64)(H,59,65)(H,60,66)/t2*34?,35?,36?,43-,44-,45?/m00/s1. The summed E-state index contributed by atoms with van der Waals surface area (Å²) in [5, 5.41) is 49.9. The number of nitrogens with one attached hydrogen (secondary N) is 18. The van der Waals surface area contributed by atoms with Crippen LogP contribution in [0.25, 0.3) is 0 Å². The van der Waals surface area contributed by atoms with Crippen molar-refractivity contribution in [1.82, 2.24) is 95.7 Å². The molecule has 2 aliphatic carbocycles. The van der Waals surface area contributed by atoms with E-state index in [1.807, 2.05) is 0 Å². The predicted molar refractivity (Wildman–Crippen MR) is 544 cm³/mol. The van der Waals surface area contributed by atoms with Crippen molar-refractivity contribution in [3.63, 3.8) is 0 Å². The number of rotatable bonds is 54. The van der Waals surface area contributed by atoms with Gasteiger partial charge in [-0.2, -0.15) is 0 Å². The first-order valence-corrected chi connectivity index (χ1v) is 48.1. The van der Waals surface area contributed by atoms with Crippen molar-refractivity contribution in [2.24, 2.45) is 0 Å². The molecule has 18 amide bonds. The van der Waals surface area contributed by atoms with Gasteiger partial charge in [-0.05, 0) is 150 Å². The van der Waals surface area contributed by atoms with E-state index in [4.69, 9.17) is 56.8 Å². The van der Waals surface area contributed by atoms with Crippen molar-refractivity contribution in [3.05, 3.63) is 143 Å². The third kappa shape index (κ3) is 40.3. The van der Waals surface area contributed by atoms with Crippen molar-refractivity contribution in [1.29, 1.82) is 0 Å². The fraction of sp³-hybridized carbons (Fsp3) is 0.471. The molecule has 48 nitrogen and oxygen atoms in total. The molecule has 0 aromatic heterocycles. The maximum absolute atomic E-state index is 14.4. The zero-order valence-electron chi connectivity index (χ0n) is 87.3. The SMILES string of the molecule is COc1cc(OC)cc(C(=O)NC(CCNC(C)=O)C(=O)NC2CC(NC(=O)[C@H](CCNC(C)=O)NC(=O)c3cc(OC)cc(OC)c3)CC(NC(=O)[C@H](CCNC(C)=O)NC(=O)c3cc(OC)cc(OC)c3)C2)c1.COc1cc(OC)cc(C(=O)NCCC(NC(C)=O)C(=O)NC2CC(NC(=O)[C@H](CCNC(=O)c3cc(OC)cc(OC)c3)NC(C)=O)CC(NC(=O)[C@H](CCNC(=O)c3cc(OC)cc(OC)c3)NC(C)=O)C2)c1. The predicted octanol–water partition coefficient (Wildman–Crippen LogP) is 1.30. The van der Waals surface area contributed by atoms with Crippen molar-refractivity contribution in [3.8, 4) is 69.0 Å². The highest BCUT2D eigenvalue weighted by atomic mass is 16.5. The number of carbonyl (C=O) groups is 18. The zero-order valence-corrected chi connectivity index (χ0v) is 87.3. The Bertz CT molecular complexity index is 5050. The maximum atomic E-state index is 14.4. The molecule has 150 heavy (non-hydrogen) atoms. The van der Waals surface area contributed by atoms with Crippen LogP contribution in [-0.4, -0.2) is 303 Å². The number of methoxy groups -OCH3 is 12. The normalized spacial score (nSPS) is 15.9. The van der Waals surface area contributed by atoms with Gasteiger partial charge in [0.1, 0.15) is 105 Å². The molecule has 8 rings (SSSR count). The molecule has 2 fully saturated rings. The van der Waals surface area contributed by atoms with Gasteiger partial charge in [-0.15, -0.1) is 0 Å². The molecule has 6 aromatic rings. The van der Waals surface area contributed by atoms with Gasteiger partial charge in [-0.3, -0.25) is 86.3 Å². The molecule has 2 saturated carbocycles. The second kappa shape index (κ2) is 61.1. The first-order chi connectivity index (χ1) is 71.5. The number of amides is 18. The number of hydrogen-bond donors (Lipinski definition) is 18. The van der Waals surface area contributed by atoms with Gasteiger partial charge in [-0.25, -0.2) is 0 Å². The molecule has 18 N–H and O–H groups in total. The molecule has 816 valence electrons. The van der Waals surface area contributed by atoms with Crippen LogP contribution >= 0.6 is 0 Å². The number of benzene rings is 6. The molecule has 0 bridgehead atoms. The zero-order chi connectivity index (χ0) is 110. The highest BCUT2D eigenvalue weighted by molar-refractivity contribution is 6.02. The van der Waals surface area contributed by atoms with Crippen LogP contribution in [0.3, 0.4) is 0 Å². The van der Waals surface area contributed by atoms with E-state index in [2.05, 4.69) is 95.7 Å². The van der Waals surface area contributed by atoms with Gasteiger partial charge in [0, 0.05) is 187 Å². The smallest absolute Gasteiger partial charge is 0.252 e. The summed E-state index contributed by atoms with van der Waals surface area (Å²) in [6, 6.07) is 15.6. The van der Waals surface area contributed by atoms with Gasteiger partial charge in [0.25, 0.3) is 35.4 Å². The summed E-state index contributed by atoms with van der Waals surface area (Å²) in [5.74, 6) is -5.76. The van der Waals surface area contributed by atoms with Gasteiger partial charge >= 0.3 is 0 Å². The molecule has 2 aliphatic rings. The first kappa shape index (κ1) is 120. The quantitative estimate of drug-likeness (QED) is 0.0256. The van der Waals surface area contributed by atoms with Crippen molar-refractivity contribution in [2.45, 2.75) is 191 Å². The number of hydrogen-bond acceptors (Lipinski definition) is 30. The lowest BCUT2D eigenvalue weighted by Gasteiger charge is -2.38. The van der Waals surface area contributed by atoms with E-state index in [1.54, 1.807) is 36.4 Å². The Balaban J connectivity index is 0.000000406. The second-order valence-electron chi connectivity index (χ2n) is 35.0. The van der Waals surface area contributed by atoms with E-state index in [-0.39, 0.29) is 167 Å². The topological polar surface area (TPSA) is 635 Å². The molecule has 6 unspecified atom stereocenters. The molecule has 48 heteroatoms. The van der Waals surface area contributed by atoms with Crippen LogP contribution < -0.4 is 153 Å².